The van der Waals surface area contributed by atoms with Gasteiger partial charge in [-0.15, -0.1) is 0 Å². The van der Waals surface area contributed by atoms with Gasteiger partial charge in [-0.2, -0.15) is 0 Å². The van der Waals surface area contributed by atoms with Crippen LogP contribution >= 0.6 is 0 Å². The van der Waals surface area contributed by atoms with Crippen LogP contribution in [0, 0.1) is 11.8 Å². The molecule has 10 nitrogen and oxygen atoms in total. The Labute approximate surface area is 256 Å². The number of carbonyl (C=O) groups excluding carboxylic acids is 4. The summed E-state index contributed by atoms with van der Waals surface area (Å²) in [4.78, 5) is 53.2. The number of likely N-dealkylation sites (tertiary alicyclic amines) is 3. The second kappa shape index (κ2) is 23.3. The highest BCUT2D eigenvalue weighted by Crippen LogP contribution is 2.24. The van der Waals surface area contributed by atoms with Gasteiger partial charge in [-0.3, -0.25) is 24.1 Å². The Morgan fingerprint density at radius 1 is 0.881 bits per heavy atom. The number of piperidine rings is 1. The first kappa shape index (κ1) is 39.8. The van der Waals surface area contributed by atoms with Gasteiger partial charge in [-0.1, -0.05) is 41.0 Å². The zero-order valence-corrected chi connectivity index (χ0v) is 28.3. The highest BCUT2D eigenvalue weighted by molar-refractivity contribution is 5.82. The Bertz CT molecular complexity index is 734. The average Bonchev–Trinajstić information content (AvgIpc) is 3.63. The fourth-order valence-corrected chi connectivity index (χ4v) is 5.10. The summed E-state index contributed by atoms with van der Waals surface area (Å²) in [5.41, 5.74) is 0. The van der Waals surface area contributed by atoms with Crippen molar-refractivity contribution < 1.29 is 23.9 Å². The minimum absolute atomic E-state index is 0.0133. The van der Waals surface area contributed by atoms with Gasteiger partial charge in [0.05, 0.1) is 18.7 Å². The summed E-state index contributed by atoms with van der Waals surface area (Å²) < 4.78 is 4.36. The third-order valence-electron chi connectivity index (χ3n) is 7.39. The summed E-state index contributed by atoms with van der Waals surface area (Å²) in [5.74, 6) is 1.26. The van der Waals surface area contributed by atoms with E-state index in [0.717, 1.165) is 51.2 Å². The summed E-state index contributed by atoms with van der Waals surface area (Å²) in [6.45, 7) is 20.8. The maximum Gasteiger partial charge on any atom is 0.293 e. The average molecular weight is 598 g/mol. The van der Waals surface area contributed by atoms with E-state index in [1.165, 1.54) is 32.4 Å². The molecule has 0 aromatic heterocycles. The standard InChI is InChI=1S/C18H32N4O3.C6H13N.C4H8O2.C4H10/c1-14(2)16(20(3)17(24)11-19-13-23)12-22-10-6-7-15(22)18(25)21-8-4-5-9-21;1-7-5-3-2-4-6-7;1-4(2)6-3-5;1-4(2)3/h13-16H,4-12H2,1-3H3,(H,19,23);2-6H2,1H3;3-4H,1-2H3;4H,1-3H3/t15-,16+;;;/m0.../s1. The molecule has 3 saturated heterocycles. The van der Waals surface area contributed by atoms with Crippen LogP contribution in [0.25, 0.3) is 0 Å². The Hall–Kier alpha value is -2.20. The number of carbonyl (C=O) groups is 4. The summed E-state index contributed by atoms with van der Waals surface area (Å²) in [6, 6.07) is -0.0242. The number of ether oxygens (including phenoxy) is 1. The van der Waals surface area contributed by atoms with Crippen molar-refractivity contribution >= 4 is 24.7 Å². The van der Waals surface area contributed by atoms with Crippen molar-refractivity contribution in [1.82, 2.24) is 24.9 Å². The van der Waals surface area contributed by atoms with E-state index in [4.69, 9.17) is 0 Å². The Kier molecular flexibility index (Phi) is 22.1. The van der Waals surface area contributed by atoms with Gasteiger partial charge in [0.2, 0.25) is 18.2 Å². The second-order valence-corrected chi connectivity index (χ2v) is 12.9. The SMILES string of the molecule is CC(C)C.CC(C)OC=O.CC(C)[C@@H](CN1CCC[C@H]1C(=O)N1CCCC1)N(C)C(=O)CNC=O.CN1CCCCC1. The predicted molar refractivity (Wildman–Crippen MR) is 170 cm³/mol. The molecule has 3 amide bonds. The van der Waals surface area contributed by atoms with E-state index in [9.17, 15) is 19.2 Å². The van der Waals surface area contributed by atoms with Gasteiger partial charge in [-0.05, 0) is 90.9 Å². The molecule has 42 heavy (non-hydrogen) atoms. The number of hydrogen-bond donors (Lipinski definition) is 1. The molecule has 0 unspecified atom stereocenters. The van der Waals surface area contributed by atoms with Crippen LogP contribution < -0.4 is 5.32 Å². The molecule has 246 valence electrons. The minimum atomic E-state index is -0.104. The molecular weight excluding hydrogens is 534 g/mol. The molecule has 0 radical (unpaired) electrons. The second-order valence-electron chi connectivity index (χ2n) is 12.9. The van der Waals surface area contributed by atoms with Gasteiger partial charge in [0.1, 0.15) is 0 Å². The number of likely N-dealkylation sites (N-methyl/N-ethyl adjacent to an activating group) is 1. The molecule has 10 heteroatoms. The predicted octanol–water partition coefficient (Wildman–Crippen LogP) is 3.63. The molecule has 3 fully saturated rings. The van der Waals surface area contributed by atoms with Crippen LogP contribution in [-0.4, -0.2) is 122 Å². The number of amides is 3. The van der Waals surface area contributed by atoms with Crippen molar-refractivity contribution in [2.45, 2.75) is 112 Å². The van der Waals surface area contributed by atoms with Gasteiger partial charge in [0.25, 0.3) is 6.47 Å². The van der Waals surface area contributed by atoms with Crippen LogP contribution in [0.3, 0.4) is 0 Å². The van der Waals surface area contributed by atoms with Gasteiger partial charge in [0.15, 0.2) is 0 Å². The van der Waals surface area contributed by atoms with E-state index >= 15 is 0 Å². The highest BCUT2D eigenvalue weighted by atomic mass is 16.5. The van der Waals surface area contributed by atoms with Gasteiger partial charge in [0, 0.05) is 32.7 Å². The van der Waals surface area contributed by atoms with Crippen LogP contribution in [-0.2, 0) is 23.9 Å². The normalized spacial score (nSPS) is 19.5. The van der Waals surface area contributed by atoms with Crippen molar-refractivity contribution in [3.05, 3.63) is 0 Å². The smallest absolute Gasteiger partial charge is 0.293 e. The molecule has 3 heterocycles. The molecule has 2 atom stereocenters. The zero-order valence-electron chi connectivity index (χ0n) is 28.3. The van der Waals surface area contributed by atoms with Crippen molar-refractivity contribution in [3.63, 3.8) is 0 Å². The molecule has 1 N–H and O–H groups in total. The van der Waals surface area contributed by atoms with Crippen molar-refractivity contribution in [2.75, 3.05) is 59.9 Å². The van der Waals surface area contributed by atoms with Gasteiger partial charge in [-0.25, -0.2) is 0 Å². The van der Waals surface area contributed by atoms with E-state index in [-0.39, 0.29) is 42.5 Å². The van der Waals surface area contributed by atoms with Crippen LogP contribution in [0.4, 0.5) is 0 Å². The molecule has 0 aliphatic carbocycles. The first-order chi connectivity index (χ1) is 19.8. The molecule has 0 aromatic rings. The van der Waals surface area contributed by atoms with Crippen molar-refractivity contribution in [2.24, 2.45) is 11.8 Å². The lowest BCUT2D eigenvalue weighted by atomic mass is 10.0. The molecule has 3 rings (SSSR count). The Balaban J connectivity index is 0.000000798. The van der Waals surface area contributed by atoms with Crippen LogP contribution in [0.2, 0.25) is 0 Å². The topological polar surface area (TPSA) is 102 Å². The van der Waals surface area contributed by atoms with E-state index < -0.39 is 0 Å². The number of hydrogen-bond acceptors (Lipinski definition) is 7. The van der Waals surface area contributed by atoms with E-state index in [2.05, 4.69) is 61.5 Å². The number of nitrogens with zero attached hydrogens (tertiary/aromatic N) is 4. The molecule has 0 spiro atoms. The summed E-state index contributed by atoms with van der Waals surface area (Å²) in [5, 5.41) is 2.43. The fourth-order valence-electron chi connectivity index (χ4n) is 5.10. The monoisotopic (exact) mass is 597 g/mol. The lowest BCUT2D eigenvalue weighted by Crippen LogP contribution is -2.53. The fraction of sp³-hybridized carbons (Fsp3) is 0.875. The van der Waals surface area contributed by atoms with Gasteiger partial charge < -0.3 is 24.8 Å². The van der Waals surface area contributed by atoms with E-state index in [1.54, 1.807) is 25.8 Å². The summed E-state index contributed by atoms with van der Waals surface area (Å²) in [7, 11) is 3.98. The van der Waals surface area contributed by atoms with E-state index in [0.29, 0.717) is 19.4 Å². The molecule has 0 saturated carbocycles. The first-order valence-electron chi connectivity index (χ1n) is 16.1. The highest BCUT2D eigenvalue weighted by Gasteiger charge is 2.37. The Morgan fingerprint density at radius 3 is 1.83 bits per heavy atom. The lowest BCUT2D eigenvalue weighted by Gasteiger charge is -2.37. The Morgan fingerprint density at radius 2 is 1.43 bits per heavy atom. The van der Waals surface area contributed by atoms with Crippen molar-refractivity contribution in [1.29, 1.82) is 0 Å². The summed E-state index contributed by atoms with van der Waals surface area (Å²) >= 11 is 0. The molecular formula is C32H63N5O5. The third kappa shape index (κ3) is 17.7. The molecule has 3 aliphatic rings. The zero-order chi connectivity index (χ0) is 32.1. The largest absolute Gasteiger partial charge is 0.465 e. The first-order valence-corrected chi connectivity index (χ1v) is 16.1. The van der Waals surface area contributed by atoms with Crippen molar-refractivity contribution in [3.8, 4) is 0 Å². The molecule has 0 bridgehead atoms. The quantitative estimate of drug-likeness (QED) is 0.384. The maximum atomic E-state index is 12.8. The number of rotatable bonds is 10. The minimum Gasteiger partial charge on any atom is -0.465 e. The molecule has 0 aromatic carbocycles. The van der Waals surface area contributed by atoms with Crippen LogP contribution in [0.15, 0.2) is 0 Å². The van der Waals surface area contributed by atoms with Crippen LogP contribution in [0.5, 0.6) is 0 Å². The summed E-state index contributed by atoms with van der Waals surface area (Å²) in [6.07, 6.45) is 8.99. The maximum absolute atomic E-state index is 12.8. The third-order valence-corrected chi connectivity index (χ3v) is 7.39. The van der Waals surface area contributed by atoms with Gasteiger partial charge >= 0.3 is 0 Å². The molecule has 3 aliphatic heterocycles. The lowest BCUT2D eigenvalue weighted by molar-refractivity contribution is -0.136. The number of nitrogens with one attached hydrogen (secondary N) is 1. The van der Waals surface area contributed by atoms with E-state index in [1.807, 2.05) is 4.90 Å². The van der Waals surface area contributed by atoms with Crippen LogP contribution in [0.1, 0.15) is 93.4 Å².